The zero-order valence-corrected chi connectivity index (χ0v) is 21.0. The maximum absolute atomic E-state index is 12.7. The van der Waals surface area contributed by atoms with Crippen LogP contribution >= 0.6 is 34.8 Å². The quantitative estimate of drug-likeness (QED) is 0.311. The summed E-state index contributed by atoms with van der Waals surface area (Å²) in [7, 11) is 0. The van der Waals surface area contributed by atoms with E-state index in [1.165, 1.54) is 4.68 Å². The Kier molecular flexibility index (Phi) is 7.16. The fraction of sp³-hybridized carbons (Fsp3) is 0.208. The van der Waals surface area contributed by atoms with Crippen molar-refractivity contribution in [3.8, 4) is 5.75 Å². The average molecular weight is 519 g/mol. The molecule has 7 nitrogen and oxygen atoms in total. The number of aryl methyl sites for hydroxylation is 3. The molecule has 4 rings (SSSR count). The highest BCUT2D eigenvalue weighted by molar-refractivity contribution is 6.36. The summed E-state index contributed by atoms with van der Waals surface area (Å²) in [6.07, 6.45) is 1.67. The van der Waals surface area contributed by atoms with Crippen molar-refractivity contribution in [2.45, 2.75) is 34.0 Å². The highest BCUT2D eigenvalue weighted by Gasteiger charge is 2.15. The van der Waals surface area contributed by atoms with Crippen LogP contribution in [0.25, 0.3) is 0 Å². The molecule has 0 aliphatic rings. The fourth-order valence-corrected chi connectivity index (χ4v) is 4.06. The van der Waals surface area contributed by atoms with Gasteiger partial charge in [-0.1, -0.05) is 40.9 Å². The minimum Gasteiger partial charge on any atom is -0.471 e. The largest absolute Gasteiger partial charge is 0.471 e. The van der Waals surface area contributed by atoms with E-state index in [4.69, 9.17) is 39.5 Å². The molecule has 34 heavy (non-hydrogen) atoms. The predicted molar refractivity (Wildman–Crippen MR) is 134 cm³/mol. The number of benzene rings is 2. The van der Waals surface area contributed by atoms with Gasteiger partial charge >= 0.3 is 0 Å². The third kappa shape index (κ3) is 5.38. The number of anilines is 1. The number of amides is 1. The molecule has 1 amide bonds. The van der Waals surface area contributed by atoms with Crippen molar-refractivity contribution in [2.24, 2.45) is 0 Å². The zero-order valence-electron chi connectivity index (χ0n) is 18.8. The second-order valence-corrected chi connectivity index (χ2v) is 9.06. The zero-order chi connectivity index (χ0) is 24.4. The number of nitrogens with one attached hydrogen (secondary N) is 1. The van der Waals surface area contributed by atoms with Crippen LogP contribution < -0.4 is 10.1 Å². The van der Waals surface area contributed by atoms with E-state index in [2.05, 4.69) is 15.5 Å². The molecule has 0 radical (unpaired) electrons. The normalized spacial score (nSPS) is 11.0. The van der Waals surface area contributed by atoms with E-state index in [9.17, 15) is 4.79 Å². The van der Waals surface area contributed by atoms with Crippen molar-refractivity contribution >= 4 is 46.5 Å². The molecule has 10 heteroatoms. The number of aromatic nitrogens is 4. The van der Waals surface area contributed by atoms with Gasteiger partial charge in [0.25, 0.3) is 5.91 Å². The second kappa shape index (κ2) is 10.1. The minimum absolute atomic E-state index is 0.153. The lowest BCUT2D eigenvalue weighted by Crippen LogP contribution is -2.15. The molecule has 0 aliphatic heterocycles. The maximum Gasteiger partial charge on any atom is 0.277 e. The van der Waals surface area contributed by atoms with Crippen LogP contribution in [0.3, 0.4) is 0 Å². The number of hydrogen-bond donors (Lipinski definition) is 1. The summed E-state index contributed by atoms with van der Waals surface area (Å²) >= 11 is 18.7. The first-order valence-electron chi connectivity index (χ1n) is 10.4. The van der Waals surface area contributed by atoms with Gasteiger partial charge in [-0.05, 0) is 62.2 Å². The summed E-state index contributed by atoms with van der Waals surface area (Å²) < 4.78 is 9.05. The molecule has 0 saturated heterocycles. The van der Waals surface area contributed by atoms with E-state index in [-0.39, 0.29) is 18.3 Å². The van der Waals surface area contributed by atoms with Crippen molar-refractivity contribution in [3.05, 3.63) is 91.8 Å². The third-order valence-corrected chi connectivity index (χ3v) is 6.54. The molecule has 0 saturated carbocycles. The van der Waals surface area contributed by atoms with Gasteiger partial charge in [0.15, 0.2) is 18.2 Å². The number of rotatable bonds is 7. The molecular weight excluding hydrogens is 497 g/mol. The minimum atomic E-state index is -0.377. The molecule has 0 fully saturated rings. The maximum atomic E-state index is 12.7. The van der Waals surface area contributed by atoms with Crippen molar-refractivity contribution in [3.63, 3.8) is 0 Å². The fourth-order valence-electron chi connectivity index (χ4n) is 3.43. The van der Waals surface area contributed by atoms with E-state index in [0.29, 0.717) is 28.2 Å². The van der Waals surface area contributed by atoms with Gasteiger partial charge < -0.3 is 10.1 Å². The molecule has 4 aromatic rings. The summed E-state index contributed by atoms with van der Waals surface area (Å²) in [6.45, 7) is 6.27. The standard InChI is InChI=1S/C24H22Cl3N5O2/c1-14-9-17(10-15(2)23(14)27)34-13-31-8-7-21(29-31)24(33)28-22-11-16(3)32(30-22)12-18-19(25)5-4-6-20(18)26/h4-11H,12-13H2,1-3H3,(H,28,30,33). The average Bonchev–Trinajstić information content (AvgIpc) is 3.39. The monoisotopic (exact) mass is 517 g/mol. The summed E-state index contributed by atoms with van der Waals surface area (Å²) in [5.41, 5.74) is 3.72. The molecule has 2 aromatic carbocycles. The summed E-state index contributed by atoms with van der Waals surface area (Å²) in [5.74, 6) is 0.710. The van der Waals surface area contributed by atoms with Crippen LogP contribution in [0.1, 0.15) is 32.9 Å². The second-order valence-electron chi connectivity index (χ2n) is 7.87. The molecule has 176 valence electrons. The van der Waals surface area contributed by atoms with Crippen molar-refractivity contribution in [2.75, 3.05) is 5.32 Å². The van der Waals surface area contributed by atoms with Gasteiger partial charge in [0.1, 0.15) is 5.75 Å². The molecule has 1 N–H and O–H groups in total. The summed E-state index contributed by atoms with van der Waals surface area (Å²) in [6, 6.07) is 12.5. The summed E-state index contributed by atoms with van der Waals surface area (Å²) in [5, 5.41) is 13.4. The molecule has 2 heterocycles. The molecule has 0 unspecified atom stereocenters. The lowest BCUT2D eigenvalue weighted by atomic mass is 10.1. The third-order valence-electron chi connectivity index (χ3n) is 5.24. The molecule has 2 aromatic heterocycles. The lowest BCUT2D eigenvalue weighted by molar-refractivity contribution is 0.101. The van der Waals surface area contributed by atoms with E-state index in [1.54, 1.807) is 41.2 Å². The number of halogens is 3. The number of ether oxygens (including phenoxy) is 1. The van der Waals surface area contributed by atoms with Crippen LogP contribution in [-0.2, 0) is 13.3 Å². The Balaban J connectivity index is 1.40. The van der Waals surface area contributed by atoms with Gasteiger partial charge in [-0.25, -0.2) is 4.68 Å². The highest BCUT2D eigenvalue weighted by atomic mass is 35.5. The smallest absolute Gasteiger partial charge is 0.277 e. The summed E-state index contributed by atoms with van der Waals surface area (Å²) in [4.78, 5) is 12.7. The van der Waals surface area contributed by atoms with Crippen LogP contribution in [-0.4, -0.2) is 25.5 Å². The van der Waals surface area contributed by atoms with Crippen LogP contribution in [0.5, 0.6) is 5.75 Å². The lowest BCUT2D eigenvalue weighted by Gasteiger charge is -2.10. The Bertz CT molecular complexity index is 1320. The topological polar surface area (TPSA) is 74.0 Å². The molecule has 0 bridgehead atoms. The van der Waals surface area contributed by atoms with Gasteiger partial charge in [-0.2, -0.15) is 10.2 Å². The predicted octanol–water partition coefficient (Wildman–Crippen LogP) is 6.30. The van der Waals surface area contributed by atoms with Gasteiger partial charge in [0.05, 0.1) is 6.54 Å². The van der Waals surface area contributed by atoms with Gasteiger partial charge in [-0.15, -0.1) is 0 Å². The van der Waals surface area contributed by atoms with E-state index >= 15 is 0 Å². The van der Waals surface area contributed by atoms with E-state index in [0.717, 1.165) is 27.4 Å². The number of hydrogen-bond acceptors (Lipinski definition) is 4. The first kappa shape index (κ1) is 24.1. The van der Waals surface area contributed by atoms with Crippen molar-refractivity contribution in [1.82, 2.24) is 19.6 Å². The Morgan fingerprint density at radius 2 is 1.68 bits per heavy atom. The molecule has 0 aliphatic carbocycles. The Morgan fingerprint density at radius 3 is 2.35 bits per heavy atom. The van der Waals surface area contributed by atoms with E-state index < -0.39 is 0 Å². The first-order valence-corrected chi connectivity index (χ1v) is 11.6. The molecule has 0 spiro atoms. The Hall–Kier alpha value is -3.00. The van der Waals surface area contributed by atoms with Gasteiger partial charge in [0, 0.05) is 38.6 Å². The molecule has 0 atom stereocenters. The van der Waals surface area contributed by atoms with Crippen molar-refractivity contribution < 1.29 is 9.53 Å². The van der Waals surface area contributed by atoms with Crippen LogP contribution in [0, 0.1) is 20.8 Å². The Labute approximate surface area is 212 Å². The van der Waals surface area contributed by atoms with Crippen LogP contribution in [0.4, 0.5) is 5.82 Å². The Morgan fingerprint density at radius 1 is 1.00 bits per heavy atom. The first-order chi connectivity index (χ1) is 16.2. The number of nitrogens with zero attached hydrogens (tertiary/aromatic N) is 4. The number of carbonyl (C=O) groups is 1. The highest BCUT2D eigenvalue weighted by Crippen LogP contribution is 2.27. The number of carbonyl (C=O) groups excluding carboxylic acids is 1. The van der Waals surface area contributed by atoms with Gasteiger partial charge in [-0.3, -0.25) is 9.48 Å². The SMILES string of the molecule is Cc1cc(OCn2ccc(C(=O)Nc3cc(C)n(Cc4c(Cl)cccc4Cl)n3)n2)cc(C)c1Cl. The molecular formula is C24H22Cl3N5O2. The van der Waals surface area contributed by atoms with Crippen LogP contribution in [0.2, 0.25) is 15.1 Å². The van der Waals surface area contributed by atoms with Crippen molar-refractivity contribution in [1.29, 1.82) is 0 Å². The van der Waals surface area contributed by atoms with Crippen LogP contribution in [0.15, 0.2) is 48.7 Å². The van der Waals surface area contributed by atoms with Gasteiger partial charge in [0.2, 0.25) is 0 Å². The van der Waals surface area contributed by atoms with E-state index in [1.807, 2.05) is 32.9 Å².